The molecular weight excluding hydrogens is 266 g/mol. The SMILES string of the molecule is Brc1cccn2cc(-c3cccnc3)nc12. The third-order valence-corrected chi connectivity index (χ3v) is 3.01. The Bertz CT molecular complexity index is 631. The number of hydrogen-bond donors (Lipinski definition) is 0. The predicted octanol–water partition coefficient (Wildman–Crippen LogP) is 3.16. The maximum Gasteiger partial charge on any atom is 0.151 e. The van der Waals surface area contributed by atoms with Crippen molar-refractivity contribution in [1.29, 1.82) is 0 Å². The second kappa shape index (κ2) is 3.72. The Morgan fingerprint density at radius 1 is 1.19 bits per heavy atom. The minimum Gasteiger partial charge on any atom is -0.306 e. The first kappa shape index (κ1) is 9.54. The van der Waals surface area contributed by atoms with Crippen LogP contribution in [0.5, 0.6) is 0 Å². The molecule has 0 amide bonds. The van der Waals surface area contributed by atoms with Gasteiger partial charge in [-0.3, -0.25) is 4.98 Å². The largest absolute Gasteiger partial charge is 0.306 e. The Morgan fingerprint density at radius 3 is 2.88 bits per heavy atom. The molecule has 16 heavy (non-hydrogen) atoms. The quantitative estimate of drug-likeness (QED) is 0.682. The van der Waals surface area contributed by atoms with Crippen molar-refractivity contribution in [2.24, 2.45) is 0 Å². The lowest BCUT2D eigenvalue weighted by Gasteiger charge is -1.92. The number of imidazole rings is 1. The van der Waals surface area contributed by atoms with E-state index in [-0.39, 0.29) is 0 Å². The van der Waals surface area contributed by atoms with Crippen molar-refractivity contribution < 1.29 is 0 Å². The van der Waals surface area contributed by atoms with Gasteiger partial charge in [0.2, 0.25) is 0 Å². The van der Waals surface area contributed by atoms with Crippen LogP contribution in [0.25, 0.3) is 16.9 Å². The van der Waals surface area contributed by atoms with Gasteiger partial charge in [0, 0.05) is 30.4 Å². The van der Waals surface area contributed by atoms with Crippen LogP contribution in [0.3, 0.4) is 0 Å². The lowest BCUT2D eigenvalue weighted by atomic mass is 10.2. The van der Waals surface area contributed by atoms with Crippen molar-refractivity contribution in [3.8, 4) is 11.3 Å². The summed E-state index contributed by atoms with van der Waals surface area (Å²) in [4.78, 5) is 8.65. The fourth-order valence-electron chi connectivity index (χ4n) is 1.63. The van der Waals surface area contributed by atoms with Gasteiger partial charge < -0.3 is 4.40 Å². The van der Waals surface area contributed by atoms with E-state index in [1.807, 2.05) is 47.3 Å². The van der Waals surface area contributed by atoms with E-state index < -0.39 is 0 Å². The molecule has 0 saturated carbocycles. The molecule has 0 atom stereocenters. The molecule has 0 aromatic carbocycles. The van der Waals surface area contributed by atoms with Gasteiger partial charge in [-0.25, -0.2) is 4.98 Å². The smallest absolute Gasteiger partial charge is 0.151 e. The van der Waals surface area contributed by atoms with Crippen LogP contribution in [0.15, 0.2) is 53.5 Å². The van der Waals surface area contributed by atoms with E-state index in [0.29, 0.717) is 0 Å². The van der Waals surface area contributed by atoms with Crippen LogP contribution in [-0.2, 0) is 0 Å². The number of halogens is 1. The standard InChI is InChI=1S/C12H8BrN3/c13-10-4-2-6-16-8-11(15-12(10)16)9-3-1-5-14-7-9/h1-8H. The van der Waals surface area contributed by atoms with E-state index in [2.05, 4.69) is 25.9 Å². The average Bonchev–Trinajstić information content (AvgIpc) is 2.76. The van der Waals surface area contributed by atoms with Crippen LogP contribution < -0.4 is 0 Å². The molecule has 3 heterocycles. The van der Waals surface area contributed by atoms with Gasteiger partial charge in [-0.05, 0) is 40.2 Å². The molecule has 0 N–H and O–H groups in total. The van der Waals surface area contributed by atoms with Crippen molar-refractivity contribution in [3.63, 3.8) is 0 Å². The van der Waals surface area contributed by atoms with E-state index in [9.17, 15) is 0 Å². The van der Waals surface area contributed by atoms with Gasteiger partial charge in [-0.15, -0.1) is 0 Å². The van der Waals surface area contributed by atoms with E-state index >= 15 is 0 Å². The Kier molecular flexibility index (Phi) is 2.22. The number of nitrogens with zero attached hydrogens (tertiary/aromatic N) is 3. The summed E-state index contributed by atoms with van der Waals surface area (Å²) in [7, 11) is 0. The van der Waals surface area contributed by atoms with Crippen LogP contribution >= 0.6 is 15.9 Å². The van der Waals surface area contributed by atoms with Crippen LogP contribution in [0.4, 0.5) is 0 Å². The predicted molar refractivity (Wildman–Crippen MR) is 66.1 cm³/mol. The molecule has 78 valence electrons. The highest BCUT2D eigenvalue weighted by atomic mass is 79.9. The average molecular weight is 274 g/mol. The van der Waals surface area contributed by atoms with Crippen molar-refractivity contribution in [3.05, 3.63) is 53.5 Å². The van der Waals surface area contributed by atoms with Crippen molar-refractivity contribution in [2.75, 3.05) is 0 Å². The van der Waals surface area contributed by atoms with Crippen molar-refractivity contribution in [1.82, 2.24) is 14.4 Å². The summed E-state index contributed by atoms with van der Waals surface area (Å²) in [5, 5.41) is 0. The van der Waals surface area contributed by atoms with Gasteiger partial charge in [0.25, 0.3) is 0 Å². The second-order valence-electron chi connectivity index (χ2n) is 3.45. The van der Waals surface area contributed by atoms with Gasteiger partial charge >= 0.3 is 0 Å². The Morgan fingerprint density at radius 2 is 2.12 bits per heavy atom. The summed E-state index contributed by atoms with van der Waals surface area (Å²) < 4.78 is 2.98. The molecule has 4 heteroatoms. The highest BCUT2D eigenvalue weighted by Crippen LogP contribution is 2.22. The monoisotopic (exact) mass is 273 g/mol. The van der Waals surface area contributed by atoms with Crippen LogP contribution in [-0.4, -0.2) is 14.4 Å². The molecule has 0 fully saturated rings. The zero-order chi connectivity index (χ0) is 11.0. The normalized spacial score (nSPS) is 10.8. The maximum absolute atomic E-state index is 4.56. The van der Waals surface area contributed by atoms with Crippen molar-refractivity contribution >= 4 is 21.6 Å². The maximum atomic E-state index is 4.56. The highest BCUT2D eigenvalue weighted by Gasteiger charge is 2.05. The van der Waals surface area contributed by atoms with E-state index in [4.69, 9.17) is 0 Å². The minimum atomic E-state index is 0.918. The fraction of sp³-hybridized carbons (Fsp3) is 0. The molecule has 0 aliphatic heterocycles. The molecule has 0 saturated heterocycles. The summed E-state index contributed by atoms with van der Waals surface area (Å²) in [6.07, 6.45) is 7.55. The summed E-state index contributed by atoms with van der Waals surface area (Å²) in [6, 6.07) is 7.87. The number of aromatic nitrogens is 3. The van der Waals surface area contributed by atoms with Gasteiger partial charge in [-0.2, -0.15) is 0 Å². The molecule has 0 aliphatic rings. The van der Waals surface area contributed by atoms with E-state index in [1.54, 1.807) is 6.20 Å². The number of fused-ring (bicyclic) bond motifs is 1. The summed E-state index contributed by atoms with van der Waals surface area (Å²) in [6.45, 7) is 0. The van der Waals surface area contributed by atoms with E-state index in [1.165, 1.54) is 0 Å². The summed E-state index contributed by atoms with van der Waals surface area (Å²) in [5.74, 6) is 0. The number of hydrogen-bond acceptors (Lipinski definition) is 2. The van der Waals surface area contributed by atoms with Gasteiger partial charge in [0.1, 0.15) is 0 Å². The molecule has 0 aliphatic carbocycles. The first-order valence-corrected chi connectivity index (χ1v) is 5.67. The summed E-state index contributed by atoms with van der Waals surface area (Å²) in [5.41, 5.74) is 2.87. The van der Waals surface area contributed by atoms with Gasteiger partial charge in [0.05, 0.1) is 10.2 Å². The topological polar surface area (TPSA) is 30.2 Å². The highest BCUT2D eigenvalue weighted by molar-refractivity contribution is 9.10. The number of rotatable bonds is 1. The molecular formula is C12H8BrN3. The number of pyridine rings is 2. The zero-order valence-corrected chi connectivity index (χ0v) is 9.92. The van der Waals surface area contributed by atoms with Crippen LogP contribution in [0, 0.1) is 0 Å². The Hall–Kier alpha value is -1.68. The fourth-order valence-corrected chi connectivity index (χ4v) is 2.08. The molecule has 0 bridgehead atoms. The third kappa shape index (κ3) is 1.51. The molecule has 3 rings (SSSR count). The lowest BCUT2D eigenvalue weighted by molar-refractivity contribution is 1.18. The first-order valence-electron chi connectivity index (χ1n) is 4.88. The van der Waals surface area contributed by atoms with E-state index in [0.717, 1.165) is 21.4 Å². The molecule has 0 spiro atoms. The Labute approximate surface area is 101 Å². The molecule has 3 nitrogen and oxygen atoms in total. The zero-order valence-electron chi connectivity index (χ0n) is 8.34. The Balaban J connectivity index is 2.23. The third-order valence-electron chi connectivity index (χ3n) is 2.39. The van der Waals surface area contributed by atoms with Crippen LogP contribution in [0.1, 0.15) is 0 Å². The first-order chi connectivity index (χ1) is 7.84. The van der Waals surface area contributed by atoms with Gasteiger partial charge in [0.15, 0.2) is 5.65 Å². The molecule has 3 aromatic rings. The lowest BCUT2D eigenvalue weighted by Crippen LogP contribution is -1.80. The van der Waals surface area contributed by atoms with Crippen molar-refractivity contribution in [2.45, 2.75) is 0 Å². The molecule has 3 aromatic heterocycles. The van der Waals surface area contributed by atoms with Crippen LogP contribution in [0.2, 0.25) is 0 Å². The van der Waals surface area contributed by atoms with Gasteiger partial charge in [-0.1, -0.05) is 0 Å². The minimum absolute atomic E-state index is 0.918. The molecule has 0 radical (unpaired) electrons. The summed E-state index contributed by atoms with van der Waals surface area (Å²) >= 11 is 3.48. The second-order valence-corrected chi connectivity index (χ2v) is 4.31. The molecule has 0 unspecified atom stereocenters.